The maximum Gasteiger partial charge on any atom is 0.280 e. The molecular formula is C11H10N4OS. The minimum Gasteiger partial charge on any atom is -0.305 e. The van der Waals surface area contributed by atoms with Gasteiger partial charge in [-0.05, 0) is 12.1 Å². The van der Waals surface area contributed by atoms with E-state index in [0.29, 0.717) is 12.2 Å². The van der Waals surface area contributed by atoms with E-state index in [0.717, 1.165) is 16.3 Å². The van der Waals surface area contributed by atoms with Crippen molar-refractivity contribution in [3.63, 3.8) is 0 Å². The number of fused-ring (bicyclic) bond motifs is 1. The van der Waals surface area contributed by atoms with Crippen molar-refractivity contribution in [1.29, 1.82) is 0 Å². The number of anilines is 1. The summed E-state index contributed by atoms with van der Waals surface area (Å²) >= 11 is 1.77. The van der Waals surface area contributed by atoms with Gasteiger partial charge >= 0.3 is 0 Å². The van der Waals surface area contributed by atoms with Crippen LogP contribution in [0.1, 0.15) is 10.5 Å². The quantitative estimate of drug-likeness (QED) is 0.829. The topological polar surface area (TPSA) is 61.9 Å². The number of hydrogen-bond acceptors (Lipinski definition) is 4. The summed E-state index contributed by atoms with van der Waals surface area (Å²) in [6.45, 7) is 0.702. The molecule has 0 spiro atoms. The van der Waals surface area contributed by atoms with E-state index in [1.807, 2.05) is 24.3 Å². The Hall–Kier alpha value is -1.82. The number of carbonyl (C=O) groups excluding carboxylic acids is 1. The Morgan fingerprint density at radius 3 is 3.12 bits per heavy atom. The number of carbonyl (C=O) groups is 1. The second kappa shape index (κ2) is 4.21. The highest BCUT2D eigenvalue weighted by Crippen LogP contribution is 2.34. The summed E-state index contributed by atoms with van der Waals surface area (Å²) in [6, 6.07) is 7.91. The largest absolute Gasteiger partial charge is 0.305 e. The number of nitrogens with zero attached hydrogens (tertiary/aromatic N) is 3. The predicted octanol–water partition coefficient (Wildman–Crippen LogP) is 1.56. The number of benzene rings is 1. The van der Waals surface area contributed by atoms with Gasteiger partial charge in [0.1, 0.15) is 0 Å². The maximum atomic E-state index is 12.2. The lowest BCUT2D eigenvalue weighted by Gasteiger charge is -2.28. The van der Waals surface area contributed by atoms with Gasteiger partial charge in [0.25, 0.3) is 5.91 Å². The molecule has 0 unspecified atom stereocenters. The Labute approximate surface area is 102 Å². The molecule has 0 saturated heterocycles. The van der Waals surface area contributed by atoms with Crippen molar-refractivity contribution in [2.45, 2.75) is 4.90 Å². The van der Waals surface area contributed by atoms with E-state index in [9.17, 15) is 4.79 Å². The molecule has 0 bridgehead atoms. The molecule has 2 aromatic rings. The van der Waals surface area contributed by atoms with Crippen LogP contribution >= 0.6 is 11.8 Å². The molecule has 0 atom stereocenters. The van der Waals surface area contributed by atoms with Gasteiger partial charge in [-0.3, -0.25) is 4.79 Å². The Morgan fingerprint density at radius 2 is 2.29 bits per heavy atom. The molecule has 17 heavy (non-hydrogen) atoms. The summed E-state index contributed by atoms with van der Waals surface area (Å²) in [5.41, 5.74) is 1.31. The van der Waals surface area contributed by atoms with Gasteiger partial charge in [-0.1, -0.05) is 12.1 Å². The van der Waals surface area contributed by atoms with Crippen molar-refractivity contribution in [2.24, 2.45) is 0 Å². The van der Waals surface area contributed by atoms with Crippen LogP contribution in [0.25, 0.3) is 0 Å². The highest BCUT2D eigenvalue weighted by Gasteiger charge is 2.24. The molecule has 6 heteroatoms. The van der Waals surface area contributed by atoms with Crippen molar-refractivity contribution in [3.05, 3.63) is 36.2 Å². The molecule has 1 N–H and O–H groups in total. The van der Waals surface area contributed by atoms with Crippen LogP contribution in [0.4, 0.5) is 5.69 Å². The first-order valence-electron chi connectivity index (χ1n) is 5.26. The summed E-state index contributed by atoms with van der Waals surface area (Å²) in [7, 11) is 0. The fraction of sp³-hybridized carbons (Fsp3) is 0.182. The van der Waals surface area contributed by atoms with Crippen molar-refractivity contribution in [2.75, 3.05) is 17.2 Å². The third-order valence-corrected chi connectivity index (χ3v) is 3.65. The molecule has 0 radical (unpaired) electrons. The first-order chi connectivity index (χ1) is 8.36. The van der Waals surface area contributed by atoms with Gasteiger partial charge in [0.2, 0.25) is 0 Å². The van der Waals surface area contributed by atoms with Crippen LogP contribution in [0.15, 0.2) is 35.4 Å². The number of para-hydroxylation sites is 1. The van der Waals surface area contributed by atoms with E-state index in [2.05, 4.69) is 15.4 Å². The van der Waals surface area contributed by atoms with E-state index in [4.69, 9.17) is 0 Å². The van der Waals surface area contributed by atoms with Gasteiger partial charge in [-0.2, -0.15) is 15.4 Å². The third-order valence-electron chi connectivity index (χ3n) is 2.61. The molecule has 1 amide bonds. The lowest BCUT2D eigenvalue weighted by molar-refractivity contribution is 0.0983. The van der Waals surface area contributed by atoms with Crippen molar-refractivity contribution in [1.82, 2.24) is 15.4 Å². The molecule has 0 aliphatic carbocycles. The standard InChI is InChI=1S/C11H10N4OS/c16-11(8-7-12-14-13-8)15-5-6-17-10-4-2-1-3-9(10)15/h1-4,7H,5-6H2,(H,12,13,14). The number of nitrogens with one attached hydrogen (secondary N) is 1. The molecule has 0 saturated carbocycles. The molecule has 5 nitrogen and oxygen atoms in total. The van der Waals surface area contributed by atoms with Gasteiger partial charge in [0.05, 0.1) is 11.9 Å². The van der Waals surface area contributed by atoms with Gasteiger partial charge in [-0.25, -0.2) is 0 Å². The van der Waals surface area contributed by atoms with Crippen molar-refractivity contribution < 1.29 is 4.79 Å². The fourth-order valence-electron chi connectivity index (χ4n) is 1.82. The number of thioether (sulfide) groups is 1. The Balaban J connectivity index is 1.98. The Bertz CT molecular complexity index is 540. The monoisotopic (exact) mass is 246 g/mol. The summed E-state index contributed by atoms with van der Waals surface area (Å²) in [5, 5.41) is 9.96. The predicted molar refractivity (Wildman–Crippen MR) is 65.2 cm³/mol. The van der Waals surface area contributed by atoms with Crippen LogP contribution < -0.4 is 4.90 Å². The molecule has 1 aliphatic rings. The number of H-pyrrole nitrogens is 1. The third kappa shape index (κ3) is 1.80. The van der Waals surface area contributed by atoms with Gasteiger partial charge in [0.15, 0.2) is 5.69 Å². The highest BCUT2D eigenvalue weighted by molar-refractivity contribution is 7.99. The number of rotatable bonds is 1. The average Bonchev–Trinajstić information content (AvgIpc) is 2.91. The molecule has 1 aliphatic heterocycles. The zero-order valence-corrected chi connectivity index (χ0v) is 9.78. The number of amides is 1. The van der Waals surface area contributed by atoms with Crippen molar-refractivity contribution >= 4 is 23.4 Å². The van der Waals surface area contributed by atoms with Crippen LogP contribution in [-0.2, 0) is 0 Å². The maximum absolute atomic E-state index is 12.2. The Morgan fingerprint density at radius 1 is 1.41 bits per heavy atom. The minimum absolute atomic E-state index is 0.105. The van der Waals surface area contributed by atoms with Crippen LogP contribution in [0.5, 0.6) is 0 Å². The summed E-state index contributed by atoms with van der Waals surface area (Å²) in [5.74, 6) is 0.798. The van der Waals surface area contributed by atoms with E-state index >= 15 is 0 Å². The molecular weight excluding hydrogens is 236 g/mol. The fourth-order valence-corrected chi connectivity index (χ4v) is 2.82. The normalized spacial score (nSPS) is 14.5. The summed E-state index contributed by atoms with van der Waals surface area (Å²) in [6.07, 6.45) is 1.45. The van der Waals surface area contributed by atoms with Gasteiger partial charge < -0.3 is 4.90 Å². The second-order valence-corrected chi connectivity index (χ2v) is 4.76. The molecule has 3 rings (SSSR count). The van der Waals surface area contributed by atoms with E-state index in [1.165, 1.54) is 6.20 Å². The molecule has 0 fully saturated rings. The lowest BCUT2D eigenvalue weighted by Crippen LogP contribution is -2.35. The lowest BCUT2D eigenvalue weighted by atomic mass is 10.2. The Kier molecular flexibility index (Phi) is 2.56. The molecule has 86 valence electrons. The summed E-state index contributed by atoms with van der Waals surface area (Å²) < 4.78 is 0. The number of aromatic amines is 1. The van der Waals surface area contributed by atoms with E-state index in [1.54, 1.807) is 16.7 Å². The van der Waals surface area contributed by atoms with Crippen LogP contribution in [0.2, 0.25) is 0 Å². The van der Waals surface area contributed by atoms with Crippen LogP contribution in [0, 0.1) is 0 Å². The van der Waals surface area contributed by atoms with E-state index < -0.39 is 0 Å². The van der Waals surface area contributed by atoms with Gasteiger partial charge in [-0.15, -0.1) is 11.8 Å². The minimum atomic E-state index is -0.105. The first-order valence-corrected chi connectivity index (χ1v) is 6.24. The van der Waals surface area contributed by atoms with Gasteiger partial charge in [0, 0.05) is 17.2 Å². The zero-order valence-electron chi connectivity index (χ0n) is 8.96. The van der Waals surface area contributed by atoms with Crippen molar-refractivity contribution in [3.8, 4) is 0 Å². The molecule has 1 aromatic heterocycles. The zero-order chi connectivity index (χ0) is 11.7. The second-order valence-electron chi connectivity index (χ2n) is 3.63. The van der Waals surface area contributed by atoms with Crippen LogP contribution in [0.3, 0.4) is 0 Å². The molecule has 2 heterocycles. The molecule has 1 aromatic carbocycles. The highest BCUT2D eigenvalue weighted by atomic mass is 32.2. The summed E-state index contributed by atoms with van der Waals surface area (Å²) in [4.78, 5) is 15.1. The van der Waals surface area contributed by atoms with Crippen LogP contribution in [-0.4, -0.2) is 33.6 Å². The van der Waals surface area contributed by atoms with E-state index in [-0.39, 0.29) is 5.91 Å². The SMILES string of the molecule is O=C(c1cn[nH]n1)N1CCSc2ccccc21. The number of hydrogen-bond donors (Lipinski definition) is 1. The smallest absolute Gasteiger partial charge is 0.280 e. The first kappa shape index (κ1) is 10.3. The number of aromatic nitrogens is 3. The average molecular weight is 246 g/mol.